The quantitative estimate of drug-likeness (QED) is 0.923. The summed E-state index contributed by atoms with van der Waals surface area (Å²) >= 11 is 0. The van der Waals surface area contributed by atoms with Gasteiger partial charge in [-0.1, -0.05) is 18.2 Å². The third-order valence-corrected chi connectivity index (χ3v) is 3.73. The molecule has 0 amide bonds. The molecule has 1 aromatic carbocycles. The van der Waals surface area contributed by atoms with Crippen LogP contribution in [0.15, 0.2) is 42.6 Å². The van der Waals surface area contributed by atoms with Gasteiger partial charge in [-0.3, -0.25) is 0 Å². The van der Waals surface area contributed by atoms with E-state index in [1.165, 1.54) is 12.1 Å². The van der Waals surface area contributed by atoms with Crippen LogP contribution in [0.4, 0.5) is 19.0 Å². The lowest BCUT2D eigenvalue weighted by atomic mass is 10.00. The molecule has 3 rings (SSSR count). The van der Waals surface area contributed by atoms with Gasteiger partial charge in [0.15, 0.2) is 0 Å². The highest BCUT2D eigenvalue weighted by Gasteiger charge is 2.33. The molecule has 0 saturated carbocycles. The molecule has 1 aliphatic rings. The molecular formula is C16H16F3N3. The van der Waals surface area contributed by atoms with Crippen molar-refractivity contribution in [2.75, 3.05) is 31.1 Å². The molecule has 116 valence electrons. The molecule has 2 aromatic rings. The molecule has 0 aliphatic carbocycles. The van der Waals surface area contributed by atoms with Crippen LogP contribution in [0.25, 0.3) is 11.1 Å². The molecule has 1 fully saturated rings. The van der Waals surface area contributed by atoms with Crippen molar-refractivity contribution in [2.45, 2.75) is 6.18 Å². The van der Waals surface area contributed by atoms with Crippen LogP contribution in [0, 0.1) is 0 Å². The van der Waals surface area contributed by atoms with E-state index >= 15 is 0 Å². The Kier molecular flexibility index (Phi) is 4.02. The first-order chi connectivity index (χ1) is 10.6. The van der Waals surface area contributed by atoms with Gasteiger partial charge in [-0.25, -0.2) is 4.98 Å². The van der Waals surface area contributed by atoms with Gasteiger partial charge in [0.1, 0.15) is 5.82 Å². The highest BCUT2D eigenvalue weighted by atomic mass is 19.4. The Balaban J connectivity index is 1.99. The number of hydrogen-bond donors (Lipinski definition) is 1. The highest BCUT2D eigenvalue weighted by molar-refractivity contribution is 5.70. The zero-order valence-corrected chi connectivity index (χ0v) is 11.9. The third-order valence-electron chi connectivity index (χ3n) is 3.73. The van der Waals surface area contributed by atoms with Crippen molar-refractivity contribution in [3.05, 3.63) is 48.2 Å². The Bertz CT molecular complexity index is 649. The van der Waals surface area contributed by atoms with Crippen LogP contribution in [0.5, 0.6) is 0 Å². The predicted molar refractivity (Wildman–Crippen MR) is 79.8 cm³/mol. The number of aromatic nitrogens is 1. The predicted octanol–water partition coefficient (Wildman–Crippen LogP) is 3.18. The van der Waals surface area contributed by atoms with E-state index in [9.17, 15) is 13.2 Å². The molecule has 1 N–H and O–H groups in total. The molecule has 0 spiro atoms. The van der Waals surface area contributed by atoms with Gasteiger partial charge in [0.25, 0.3) is 0 Å². The van der Waals surface area contributed by atoms with Gasteiger partial charge in [0.2, 0.25) is 0 Å². The van der Waals surface area contributed by atoms with Gasteiger partial charge < -0.3 is 10.2 Å². The van der Waals surface area contributed by atoms with Crippen molar-refractivity contribution in [3.63, 3.8) is 0 Å². The average Bonchev–Trinajstić information content (AvgIpc) is 2.55. The summed E-state index contributed by atoms with van der Waals surface area (Å²) in [5.74, 6) is 0.718. The van der Waals surface area contributed by atoms with E-state index < -0.39 is 11.7 Å². The van der Waals surface area contributed by atoms with Crippen LogP contribution in [-0.4, -0.2) is 31.2 Å². The van der Waals surface area contributed by atoms with E-state index in [2.05, 4.69) is 15.2 Å². The largest absolute Gasteiger partial charge is 0.417 e. The number of nitrogens with zero attached hydrogens (tertiary/aromatic N) is 2. The van der Waals surface area contributed by atoms with Gasteiger partial charge in [0, 0.05) is 32.4 Å². The Morgan fingerprint density at radius 2 is 1.77 bits per heavy atom. The minimum atomic E-state index is -4.37. The highest BCUT2D eigenvalue weighted by Crippen LogP contribution is 2.37. The first-order valence-electron chi connectivity index (χ1n) is 7.14. The van der Waals surface area contributed by atoms with Gasteiger partial charge >= 0.3 is 6.18 Å². The van der Waals surface area contributed by atoms with Crippen LogP contribution >= 0.6 is 0 Å². The number of nitrogens with one attached hydrogen (secondary N) is 1. The Morgan fingerprint density at radius 1 is 1.05 bits per heavy atom. The van der Waals surface area contributed by atoms with Gasteiger partial charge in [-0.05, 0) is 29.3 Å². The average molecular weight is 307 g/mol. The molecule has 2 heterocycles. The fourth-order valence-electron chi connectivity index (χ4n) is 2.63. The summed E-state index contributed by atoms with van der Waals surface area (Å²) in [6.07, 6.45) is -2.80. The molecule has 0 bridgehead atoms. The van der Waals surface area contributed by atoms with Crippen molar-refractivity contribution in [2.24, 2.45) is 0 Å². The van der Waals surface area contributed by atoms with E-state index in [1.54, 1.807) is 24.4 Å². The second-order valence-electron chi connectivity index (χ2n) is 5.18. The zero-order valence-electron chi connectivity index (χ0n) is 11.9. The minimum Gasteiger partial charge on any atom is -0.354 e. The van der Waals surface area contributed by atoms with Gasteiger partial charge in [-0.15, -0.1) is 0 Å². The molecule has 0 atom stereocenters. The Hall–Kier alpha value is -2.08. The first-order valence-corrected chi connectivity index (χ1v) is 7.14. The van der Waals surface area contributed by atoms with Crippen LogP contribution in [-0.2, 0) is 6.18 Å². The number of anilines is 1. The standard InChI is InChI=1S/C16H16F3N3/c17-16(18,19)14-4-2-1-3-13(14)12-5-6-21-15(11-12)22-9-7-20-8-10-22/h1-6,11,20H,7-10H2. The summed E-state index contributed by atoms with van der Waals surface area (Å²) in [5, 5.41) is 3.24. The smallest absolute Gasteiger partial charge is 0.354 e. The van der Waals surface area contributed by atoms with Crippen molar-refractivity contribution in [1.82, 2.24) is 10.3 Å². The first kappa shape index (κ1) is 14.8. The fourth-order valence-corrected chi connectivity index (χ4v) is 2.63. The van der Waals surface area contributed by atoms with E-state index in [0.29, 0.717) is 5.56 Å². The fraction of sp³-hybridized carbons (Fsp3) is 0.312. The number of piperazine rings is 1. The number of hydrogen-bond acceptors (Lipinski definition) is 3. The lowest BCUT2D eigenvalue weighted by molar-refractivity contribution is -0.137. The van der Waals surface area contributed by atoms with E-state index in [0.717, 1.165) is 38.1 Å². The van der Waals surface area contributed by atoms with E-state index in [1.807, 2.05) is 0 Å². The summed E-state index contributed by atoms with van der Waals surface area (Å²) in [7, 11) is 0. The molecule has 0 unspecified atom stereocenters. The summed E-state index contributed by atoms with van der Waals surface area (Å²) in [6.45, 7) is 3.31. The number of pyridine rings is 1. The third kappa shape index (κ3) is 3.06. The van der Waals surface area contributed by atoms with Crippen LogP contribution in [0.3, 0.4) is 0 Å². The van der Waals surface area contributed by atoms with Crippen molar-refractivity contribution in [1.29, 1.82) is 0 Å². The molecule has 1 aromatic heterocycles. The Morgan fingerprint density at radius 3 is 2.50 bits per heavy atom. The second-order valence-corrected chi connectivity index (χ2v) is 5.18. The second kappa shape index (κ2) is 5.96. The summed E-state index contributed by atoms with van der Waals surface area (Å²) in [5.41, 5.74) is 0.109. The molecular weight excluding hydrogens is 291 g/mol. The van der Waals surface area contributed by atoms with Gasteiger partial charge in [-0.2, -0.15) is 13.2 Å². The maximum Gasteiger partial charge on any atom is 0.417 e. The number of halogens is 3. The van der Waals surface area contributed by atoms with Gasteiger partial charge in [0.05, 0.1) is 5.56 Å². The monoisotopic (exact) mass is 307 g/mol. The normalized spacial score (nSPS) is 15.9. The number of alkyl halides is 3. The summed E-state index contributed by atoms with van der Waals surface area (Å²) in [4.78, 5) is 6.38. The van der Waals surface area contributed by atoms with Crippen LogP contribution in [0.2, 0.25) is 0 Å². The van der Waals surface area contributed by atoms with E-state index in [4.69, 9.17) is 0 Å². The van der Waals surface area contributed by atoms with E-state index in [-0.39, 0.29) is 5.56 Å². The maximum absolute atomic E-state index is 13.2. The molecule has 22 heavy (non-hydrogen) atoms. The molecule has 0 radical (unpaired) electrons. The Labute approximate surface area is 126 Å². The van der Waals surface area contributed by atoms with Crippen molar-refractivity contribution in [3.8, 4) is 11.1 Å². The lowest BCUT2D eigenvalue weighted by Gasteiger charge is -2.28. The summed E-state index contributed by atoms with van der Waals surface area (Å²) < 4.78 is 39.5. The SMILES string of the molecule is FC(F)(F)c1ccccc1-c1ccnc(N2CCNCC2)c1. The zero-order chi connectivity index (χ0) is 15.6. The van der Waals surface area contributed by atoms with Crippen molar-refractivity contribution >= 4 is 5.82 Å². The molecule has 3 nitrogen and oxygen atoms in total. The lowest BCUT2D eigenvalue weighted by Crippen LogP contribution is -2.43. The minimum absolute atomic E-state index is 0.189. The maximum atomic E-state index is 13.2. The topological polar surface area (TPSA) is 28.2 Å². The summed E-state index contributed by atoms with van der Waals surface area (Å²) in [6, 6.07) is 8.99. The van der Waals surface area contributed by atoms with Crippen LogP contribution in [0.1, 0.15) is 5.56 Å². The number of rotatable bonds is 2. The number of benzene rings is 1. The van der Waals surface area contributed by atoms with Crippen molar-refractivity contribution < 1.29 is 13.2 Å². The van der Waals surface area contributed by atoms with Crippen LogP contribution < -0.4 is 10.2 Å². The molecule has 6 heteroatoms. The molecule has 1 aliphatic heterocycles. The molecule has 1 saturated heterocycles.